The molecule has 0 bridgehead atoms. The van der Waals surface area contributed by atoms with Gasteiger partial charge in [0.2, 0.25) is 0 Å². The van der Waals surface area contributed by atoms with Crippen molar-refractivity contribution in [3.63, 3.8) is 0 Å². The predicted molar refractivity (Wildman–Crippen MR) is 83.9 cm³/mol. The number of thiol groups is 1. The normalized spacial score (nSPS) is 8.94. The van der Waals surface area contributed by atoms with Crippen LogP contribution in [0.5, 0.6) is 0 Å². The monoisotopic (exact) mass is 275 g/mol. The van der Waals surface area contributed by atoms with Crippen LogP contribution < -0.4 is 0 Å². The average molecular weight is 275 g/mol. The molecule has 0 rings (SSSR count). The SMILES string of the molecule is C=CC(C)=O.CCCCN(CCCC)C(=S)S. The average Bonchev–Trinajstić information content (AvgIpc) is 2.29. The Bertz CT molecular complexity index is 221. The Labute approximate surface area is 117 Å². The van der Waals surface area contributed by atoms with Crippen molar-refractivity contribution in [3.05, 3.63) is 12.7 Å². The summed E-state index contributed by atoms with van der Waals surface area (Å²) in [6, 6.07) is 0. The Kier molecular flexibility index (Phi) is 15.3. The number of thiocarbonyl (C=S) groups is 1. The van der Waals surface area contributed by atoms with E-state index in [9.17, 15) is 4.79 Å². The molecule has 100 valence electrons. The van der Waals surface area contributed by atoms with Crippen LogP contribution >= 0.6 is 24.8 Å². The lowest BCUT2D eigenvalue weighted by molar-refractivity contribution is -0.112. The third-order valence-electron chi connectivity index (χ3n) is 2.12. The number of carbonyl (C=O) groups excluding carboxylic acids is 1. The van der Waals surface area contributed by atoms with Crippen LogP contribution in [0.1, 0.15) is 46.5 Å². The van der Waals surface area contributed by atoms with Crippen LogP contribution in [-0.4, -0.2) is 28.1 Å². The van der Waals surface area contributed by atoms with Gasteiger partial charge in [0.15, 0.2) is 5.78 Å². The Morgan fingerprint density at radius 2 is 1.65 bits per heavy atom. The molecular formula is C13H25NOS2. The molecule has 0 saturated carbocycles. The van der Waals surface area contributed by atoms with E-state index in [0.29, 0.717) is 0 Å². The van der Waals surface area contributed by atoms with E-state index < -0.39 is 0 Å². The molecule has 0 aromatic carbocycles. The minimum absolute atomic E-state index is 0.0185. The summed E-state index contributed by atoms with van der Waals surface area (Å²) in [5.74, 6) is 0.0185. The summed E-state index contributed by atoms with van der Waals surface area (Å²) in [5, 5.41) is 0. The minimum atomic E-state index is 0.0185. The van der Waals surface area contributed by atoms with Crippen LogP contribution in [0.2, 0.25) is 0 Å². The minimum Gasteiger partial charge on any atom is -0.358 e. The van der Waals surface area contributed by atoms with Gasteiger partial charge in [-0.15, -0.1) is 12.6 Å². The van der Waals surface area contributed by atoms with E-state index >= 15 is 0 Å². The van der Waals surface area contributed by atoms with Crippen LogP contribution in [-0.2, 0) is 4.79 Å². The molecule has 0 aromatic rings. The van der Waals surface area contributed by atoms with Crippen molar-refractivity contribution in [3.8, 4) is 0 Å². The number of hydrogen-bond donors (Lipinski definition) is 1. The van der Waals surface area contributed by atoms with E-state index in [1.54, 1.807) is 0 Å². The van der Waals surface area contributed by atoms with Gasteiger partial charge in [-0.3, -0.25) is 4.79 Å². The van der Waals surface area contributed by atoms with E-state index in [4.69, 9.17) is 12.2 Å². The lowest BCUT2D eigenvalue weighted by Gasteiger charge is -2.21. The molecule has 0 saturated heterocycles. The zero-order valence-corrected chi connectivity index (χ0v) is 12.9. The zero-order chi connectivity index (χ0) is 13.7. The molecule has 0 aliphatic heterocycles. The number of allylic oxidation sites excluding steroid dienone is 1. The van der Waals surface area contributed by atoms with Gasteiger partial charge in [-0.05, 0) is 25.8 Å². The van der Waals surface area contributed by atoms with Crippen molar-refractivity contribution in [2.75, 3.05) is 13.1 Å². The lowest BCUT2D eigenvalue weighted by Crippen LogP contribution is -2.28. The maximum Gasteiger partial charge on any atom is 0.152 e. The molecule has 0 spiro atoms. The summed E-state index contributed by atoms with van der Waals surface area (Å²) in [5.41, 5.74) is 0. The van der Waals surface area contributed by atoms with Gasteiger partial charge < -0.3 is 4.90 Å². The first-order chi connectivity index (χ1) is 7.99. The topological polar surface area (TPSA) is 20.3 Å². The van der Waals surface area contributed by atoms with Crippen LogP contribution in [0.25, 0.3) is 0 Å². The molecule has 0 atom stereocenters. The van der Waals surface area contributed by atoms with Crippen molar-refractivity contribution >= 4 is 35.0 Å². The second-order valence-corrected chi connectivity index (χ2v) is 4.90. The molecule has 0 aromatic heterocycles. The van der Waals surface area contributed by atoms with Crippen molar-refractivity contribution in [1.82, 2.24) is 4.90 Å². The molecule has 0 amide bonds. The fourth-order valence-electron chi connectivity index (χ4n) is 1.00. The molecule has 17 heavy (non-hydrogen) atoms. The highest BCUT2D eigenvalue weighted by Crippen LogP contribution is 2.02. The number of hydrogen-bond acceptors (Lipinski definition) is 2. The fourth-order valence-corrected chi connectivity index (χ4v) is 1.38. The van der Waals surface area contributed by atoms with Gasteiger partial charge in [-0.1, -0.05) is 45.5 Å². The molecule has 0 fully saturated rings. The summed E-state index contributed by atoms with van der Waals surface area (Å²) < 4.78 is 0.747. The van der Waals surface area contributed by atoms with Gasteiger partial charge in [-0.2, -0.15) is 0 Å². The quantitative estimate of drug-likeness (QED) is 0.433. The molecule has 0 radical (unpaired) electrons. The van der Waals surface area contributed by atoms with E-state index in [2.05, 4.69) is 38.0 Å². The maximum absolute atomic E-state index is 9.69. The first-order valence-corrected chi connectivity index (χ1v) is 6.95. The van der Waals surface area contributed by atoms with Gasteiger partial charge >= 0.3 is 0 Å². The van der Waals surface area contributed by atoms with Crippen molar-refractivity contribution < 1.29 is 4.79 Å². The molecule has 0 N–H and O–H groups in total. The molecule has 4 heteroatoms. The first kappa shape index (κ1) is 19.0. The van der Waals surface area contributed by atoms with E-state index in [1.165, 1.54) is 38.7 Å². The Balaban J connectivity index is 0. The standard InChI is InChI=1S/C9H19NS2.C4H6O/c1-3-5-7-10(9(11)12)8-6-4-2;1-3-4(2)5/h3-8H2,1-2H3,(H,11,12);3H,1H2,2H3. The first-order valence-electron chi connectivity index (χ1n) is 6.10. The van der Waals surface area contributed by atoms with Gasteiger partial charge in [0.05, 0.1) is 0 Å². The summed E-state index contributed by atoms with van der Waals surface area (Å²) in [6.45, 7) is 11.2. The highest BCUT2D eigenvalue weighted by atomic mass is 32.1. The number of rotatable bonds is 7. The summed E-state index contributed by atoms with van der Waals surface area (Å²) in [6.07, 6.45) is 6.15. The van der Waals surface area contributed by atoms with Gasteiger partial charge in [0.1, 0.15) is 4.32 Å². The Hall–Kier alpha value is -0.350. The zero-order valence-electron chi connectivity index (χ0n) is 11.2. The molecular weight excluding hydrogens is 250 g/mol. The lowest BCUT2D eigenvalue weighted by atomic mass is 10.3. The van der Waals surface area contributed by atoms with Crippen LogP contribution in [0.4, 0.5) is 0 Å². The Morgan fingerprint density at radius 3 is 1.82 bits per heavy atom. The molecule has 2 nitrogen and oxygen atoms in total. The fraction of sp³-hybridized carbons (Fsp3) is 0.692. The van der Waals surface area contributed by atoms with Gasteiger partial charge in [-0.25, -0.2) is 0 Å². The summed E-state index contributed by atoms with van der Waals surface area (Å²) >= 11 is 9.23. The second-order valence-electron chi connectivity index (χ2n) is 3.79. The van der Waals surface area contributed by atoms with Crippen LogP contribution in [0, 0.1) is 0 Å². The number of ketones is 1. The number of unbranched alkanes of at least 4 members (excludes halogenated alkanes) is 2. The number of carbonyl (C=O) groups is 1. The van der Waals surface area contributed by atoms with Crippen molar-refractivity contribution in [2.45, 2.75) is 46.5 Å². The second kappa shape index (κ2) is 13.7. The maximum atomic E-state index is 9.69. The van der Waals surface area contributed by atoms with Crippen molar-refractivity contribution in [2.24, 2.45) is 0 Å². The molecule has 0 unspecified atom stereocenters. The molecule has 0 aliphatic rings. The van der Waals surface area contributed by atoms with Crippen LogP contribution in [0.15, 0.2) is 12.7 Å². The third kappa shape index (κ3) is 15.6. The highest BCUT2D eigenvalue weighted by Gasteiger charge is 2.03. The summed E-state index contributed by atoms with van der Waals surface area (Å²) in [4.78, 5) is 11.9. The van der Waals surface area contributed by atoms with E-state index in [-0.39, 0.29) is 5.78 Å². The van der Waals surface area contributed by atoms with Gasteiger partial charge in [0.25, 0.3) is 0 Å². The summed E-state index contributed by atoms with van der Waals surface area (Å²) in [7, 11) is 0. The third-order valence-corrected chi connectivity index (χ3v) is 2.66. The molecule has 0 heterocycles. The molecule has 0 aliphatic carbocycles. The van der Waals surface area contributed by atoms with Crippen LogP contribution in [0.3, 0.4) is 0 Å². The highest BCUT2D eigenvalue weighted by molar-refractivity contribution is 8.10. The van der Waals surface area contributed by atoms with E-state index in [1.807, 2.05) is 0 Å². The number of nitrogens with zero attached hydrogens (tertiary/aromatic N) is 1. The smallest absolute Gasteiger partial charge is 0.152 e. The van der Waals surface area contributed by atoms with Crippen molar-refractivity contribution in [1.29, 1.82) is 0 Å². The predicted octanol–water partition coefficient (Wildman–Crippen LogP) is 3.86. The Morgan fingerprint density at radius 1 is 1.29 bits per heavy atom. The van der Waals surface area contributed by atoms with E-state index in [0.717, 1.165) is 17.4 Å². The van der Waals surface area contributed by atoms with Gasteiger partial charge in [0, 0.05) is 13.1 Å². The largest absolute Gasteiger partial charge is 0.358 e.